The van der Waals surface area contributed by atoms with Crippen LogP contribution in [0.3, 0.4) is 0 Å². The van der Waals surface area contributed by atoms with Crippen LogP contribution in [0.15, 0.2) is 51.9 Å². The maximum Gasteiger partial charge on any atom is 0.100 e. The fourth-order valence-electron chi connectivity index (χ4n) is 0.587. The highest BCUT2D eigenvalue weighted by Gasteiger charge is 1.75. The van der Waals surface area contributed by atoms with Gasteiger partial charge in [0.25, 0.3) is 0 Å². The van der Waals surface area contributed by atoms with Crippen LogP contribution in [0.4, 0.5) is 0 Å². The summed E-state index contributed by atoms with van der Waals surface area (Å²) in [5.41, 5.74) is 0. The number of furan rings is 2. The van der Waals surface area contributed by atoms with Crippen molar-refractivity contribution in [1.82, 2.24) is 0 Å². The molecule has 0 bridgehead atoms. The molecule has 0 aliphatic rings. The maximum absolute atomic E-state index is 4.83. The molecule has 2 rings (SSSR count). The van der Waals surface area contributed by atoms with Gasteiger partial charge in [0.05, 0.1) is 18.8 Å². The molecule has 0 aliphatic carbocycles. The average Bonchev–Trinajstić information content (AvgIpc) is 2.57. The summed E-state index contributed by atoms with van der Waals surface area (Å²) >= 11 is 0. The van der Waals surface area contributed by atoms with Gasteiger partial charge in [-0.2, -0.15) is 0 Å². The molecule has 0 atom stereocenters. The summed E-state index contributed by atoms with van der Waals surface area (Å²) in [7, 11) is 0. The molecule has 11 heavy (non-hydrogen) atoms. The first-order valence-electron chi connectivity index (χ1n) is 3.37. The van der Waals surface area contributed by atoms with E-state index in [9.17, 15) is 0 Å². The largest absolute Gasteiger partial charge is 0.473 e. The van der Waals surface area contributed by atoms with Crippen molar-refractivity contribution in [3.63, 3.8) is 0 Å². The van der Waals surface area contributed by atoms with Gasteiger partial charge in [0, 0.05) is 0 Å². The molecule has 0 N–H and O–H groups in total. The van der Waals surface area contributed by atoms with Crippen LogP contribution >= 0.6 is 0 Å². The van der Waals surface area contributed by atoms with Gasteiger partial charge in [-0.1, -0.05) is 0 Å². The lowest BCUT2D eigenvalue weighted by molar-refractivity contribution is 0.534. The second-order valence-corrected chi connectivity index (χ2v) is 2.02. The van der Waals surface area contributed by atoms with Crippen LogP contribution < -0.4 is 0 Å². The van der Waals surface area contributed by atoms with Gasteiger partial charge >= 0.3 is 0 Å². The summed E-state index contributed by atoms with van der Waals surface area (Å²) in [6.45, 7) is 1.92. The van der Waals surface area contributed by atoms with E-state index in [-0.39, 0.29) is 0 Å². The Bertz CT molecular complexity index is 226. The topological polar surface area (TPSA) is 26.3 Å². The summed E-state index contributed by atoms with van der Waals surface area (Å²) in [6, 6.07) is 7.45. The van der Waals surface area contributed by atoms with Crippen molar-refractivity contribution in [3.8, 4) is 0 Å². The van der Waals surface area contributed by atoms with Crippen LogP contribution in [0.5, 0.6) is 0 Å². The van der Waals surface area contributed by atoms with Crippen LogP contribution in [0, 0.1) is 6.92 Å². The van der Waals surface area contributed by atoms with Gasteiger partial charge in [-0.3, -0.25) is 0 Å². The second-order valence-electron chi connectivity index (χ2n) is 2.02. The third-order valence-corrected chi connectivity index (χ3v) is 1.09. The minimum atomic E-state index is 0.968. The Labute approximate surface area is 65.4 Å². The maximum atomic E-state index is 4.83. The summed E-state index contributed by atoms with van der Waals surface area (Å²) in [6.07, 6.45) is 4.91. The molecule has 0 spiro atoms. The van der Waals surface area contributed by atoms with Crippen molar-refractivity contribution < 1.29 is 8.83 Å². The fraction of sp³-hybridized carbons (Fsp3) is 0.111. The van der Waals surface area contributed by atoms with Gasteiger partial charge in [0.15, 0.2) is 0 Å². The predicted molar refractivity (Wildman–Crippen MR) is 42.2 cm³/mol. The van der Waals surface area contributed by atoms with E-state index in [4.69, 9.17) is 4.42 Å². The predicted octanol–water partition coefficient (Wildman–Crippen LogP) is 2.87. The van der Waals surface area contributed by atoms with E-state index in [1.807, 2.05) is 31.2 Å². The fourth-order valence-corrected chi connectivity index (χ4v) is 0.587. The molecule has 0 radical (unpaired) electrons. The normalized spacial score (nSPS) is 8.45. The zero-order chi connectivity index (χ0) is 7.94. The Morgan fingerprint density at radius 2 is 1.73 bits per heavy atom. The lowest BCUT2D eigenvalue weighted by Crippen LogP contribution is -1.48. The van der Waals surface area contributed by atoms with Crippen LogP contribution in [-0.2, 0) is 0 Å². The van der Waals surface area contributed by atoms with E-state index < -0.39 is 0 Å². The first kappa shape index (κ1) is 7.66. The molecule has 2 heteroatoms. The highest BCUT2D eigenvalue weighted by Crippen LogP contribution is 1.93. The summed E-state index contributed by atoms with van der Waals surface area (Å²) in [4.78, 5) is 0. The van der Waals surface area contributed by atoms with E-state index in [1.165, 1.54) is 0 Å². The van der Waals surface area contributed by atoms with Crippen molar-refractivity contribution in [2.24, 2.45) is 0 Å². The molecule has 2 aromatic rings. The Morgan fingerprint density at radius 1 is 1.00 bits per heavy atom. The molecule has 2 heterocycles. The molecule has 0 aliphatic heterocycles. The number of hydrogen-bond acceptors (Lipinski definition) is 2. The minimum Gasteiger partial charge on any atom is -0.473 e. The average molecular weight is 150 g/mol. The number of aryl methyl sites for hydroxylation is 1. The van der Waals surface area contributed by atoms with Crippen LogP contribution in [0.25, 0.3) is 0 Å². The van der Waals surface area contributed by atoms with Crippen molar-refractivity contribution in [2.45, 2.75) is 6.92 Å². The third-order valence-electron chi connectivity index (χ3n) is 1.09. The quantitative estimate of drug-likeness (QED) is 0.577. The van der Waals surface area contributed by atoms with Gasteiger partial charge in [-0.05, 0) is 31.2 Å². The molecule has 0 aromatic carbocycles. The van der Waals surface area contributed by atoms with Gasteiger partial charge in [0.1, 0.15) is 5.76 Å². The molecule has 0 amide bonds. The summed E-state index contributed by atoms with van der Waals surface area (Å²) in [5, 5.41) is 0. The minimum absolute atomic E-state index is 0.968. The smallest absolute Gasteiger partial charge is 0.100 e. The van der Waals surface area contributed by atoms with Gasteiger partial charge < -0.3 is 8.83 Å². The van der Waals surface area contributed by atoms with Crippen molar-refractivity contribution >= 4 is 0 Å². The Balaban J connectivity index is 0.000000112. The molecule has 58 valence electrons. The molecule has 0 saturated heterocycles. The Hall–Kier alpha value is -1.44. The molecule has 0 saturated carbocycles. The van der Waals surface area contributed by atoms with Gasteiger partial charge in [-0.25, -0.2) is 0 Å². The lowest BCUT2D eigenvalue weighted by atomic mass is 10.5. The third kappa shape index (κ3) is 3.30. The van der Waals surface area contributed by atoms with Crippen LogP contribution in [0.1, 0.15) is 5.76 Å². The molecule has 0 unspecified atom stereocenters. The first-order chi connectivity index (χ1) is 5.39. The first-order valence-corrected chi connectivity index (χ1v) is 3.37. The highest BCUT2D eigenvalue weighted by molar-refractivity contribution is 4.93. The van der Waals surface area contributed by atoms with E-state index in [0.29, 0.717) is 0 Å². The zero-order valence-corrected chi connectivity index (χ0v) is 6.36. The zero-order valence-electron chi connectivity index (χ0n) is 6.36. The highest BCUT2D eigenvalue weighted by atomic mass is 16.3. The van der Waals surface area contributed by atoms with Crippen LogP contribution in [-0.4, -0.2) is 0 Å². The van der Waals surface area contributed by atoms with Gasteiger partial charge in [-0.15, -0.1) is 0 Å². The van der Waals surface area contributed by atoms with Crippen LogP contribution in [0.2, 0.25) is 0 Å². The van der Waals surface area contributed by atoms with E-state index in [1.54, 1.807) is 18.8 Å². The van der Waals surface area contributed by atoms with E-state index in [2.05, 4.69) is 4.42 Å². The molecule has 2 nitrogen and oxygen atoms in total. The molecular weight excluding hydrogens is 140 g/mol. The van der Waals surface area contributed by atoms with E-state index >= 15 is 0 Å². The second kappa shape index (κ2) is 4.39. The summed E-state index contributed by atoms with van der Waals surface area (Å²) in [5.74, 6) is 0.968. The number of rotatable bonds is 0. The molecule has 0 fully saturated rings. The van der Waals surface area contributed by atoms with Crippen molar-refractivity contribution in [1.29, 1.82) is 0 Å². The Kier molecular flexibility index (Phi) is 3.06. The standard InChI is InChI=1S/C5H6O.C4H4O/c1-5-3-2-4-6-5;1-2-4-5-3-1/h2-4H,1H3;1-4H. The number of hydrogen-bond donors (Lipinski definition) is 0. The van der Waals surface area contributed by atoms with E-state index in [0.717, 1.165) is 5.76 Å². The summed E-state index contributed by atoms with van der Waals surface area (Å²) < 4.78 is 9.42. The SMILES string of the molecule is Cc1ccco1.c1ccoc1. The van der Waals surface area contributed by atoms with Gasteiger partial charge in [0.2, 0.25) is 0 Å². The van der Waals surface area contributed by atoms with Crippen molar-refractivity contribution in [2.75, 3.05) is 0 Å². The Morgan fingerprint density at radius 3 is 1.91 bits per heavy atom. The lowest BCUT2D eigenvalue weighted by Gasteiger charge is -1.69. The van der Waals surface area contributed by atoms with Crippen molar-refractivity contribution in [3.05, 3.63) is 48.8 Å². The molecular formula is C9H10O2. The molecule has 2 aromatic heterocycles. The monoisotopic (exact) mass is 150 g/mol.